The molecule has 106 valence electrons. The predicted molar refractivity (Wildman–Crippen MR) is 70.4 cm³/mol. The van der Waals surface area contributed by atoms with Gasteiger partial charge in [-0.1, -0.05) is 13.8 Å². The Bertz CT molecular complexity index is 407. The first-order valence-electron chi connectivity index (χ1n) is 8.04. The molecule has 0 aromatic heterocycles. The van der Waals surface area contributed by atoms with E-state index in [-0.39, 0.29) is 11.4 Å². The number of fused-ring (bicyclic) bond motifs is 6. The van der Waals surface area contributed by atoms with E-state index >= 15 is 0 Å². The Morgan fingerprint density at radius 3 is 2.58 bits per heavy atom. The molecule has 7 unspecified atom stereocenters. The maximum Gasteiger partial charge on any atom is 0.312 e. The SMILES string of the molecule is CCC1OC(CC)C2C1C1CC2C2(CCOC2=O)C1. The van der Waals surface area contributed by atoms with E-state index in [0.717, 1.165) is 31.6 Å². The number of hydrogen-bond donors (Lipinski definition) is 0. The first-order chi connectivity index (χ1) is 9.21. The summed E-state index contributed by atoms with van der Waals surface area (Å²) in [7, 11) is 0. The standard InChI is InChI=1S/C16H24O3/c1-3-11-13-9-7-10(14(13)12(4-2)19-11)16(8-9)5-6-18-15(16)17/h9-14H,3-8H2,1-2H3. The molecule has 19 heavy (non-hydrogen) atoms. The minimum atomic E-state index is -0.120. The van der Waals surface area contributed by atoms with E-state index in [4.69, 9.17) is 9.47 Å². The summed E-state index contributed by atoms with van der Waals surface area (Å²) < 4.78 is 11.6. The maximum absolute atomic E-state index is 12.3. The van der Waals surface area contributed by atoms with Gasteiger partial charge in [0.2, 0.25) is 0 Å². The van der Waals surface area contributed by atoms with Crippen LogP contribution in [-0.2, 0) is 14.3 Å². The van der Waals surface area contributed by atoms with Gasteiger partial charge in [-0.05, 0) is 55.8 Å². The van der Waals surface area contributed by atoms with E-state index in [1.165, 1.54) is 6.42 Å². The summed E-state index contributed by atoms with van der Waals surface area (Å²) in [6, 6.07) is 0. The first kappa shape index (κ1) is 12.2. The fourth-order valence-electron chi connectivity index (χ4n) is 5.95. The molecule has 0 aromatic carbocycles. The molecule has 4 aliphatic rings. The Morgan fingerprint density at radius 2 is 1.95 bits per heavy atom. The Balaban J connectivity index is 1.69. The molecule has 0 N–H and O–H groups in total. The molecule has 2 bridgehead atoms. The van der Waals surface area contributed by atoms with E-state index in [1.54, 1.807) is 0 Å². The zero-order valence-electron chi connectivity index (χ0n) is 11.9. The summed E-state index contributed by atoms with van der Waals surface area (Å²) >= 11 is 0. The van der Waals surface area contributed by atoms with Gasteiger partial charge in [0, 0.05) is 0 Å². The molecule has 1 spiro atoms. The number of ether oxygens (including phenoxy) is 2. The van der Waals surface area contributed by atoms with Gasteiger partial charge in [0.05, 0.1) is 24.2 Å². The highest BCUT2D eigenvalue weighted by Gasteiger charge is 2.69. The van der Waals surface area contributed by atoms with Crippen molar-refractivity contribution in [3.05, 3.63) is 0 Å². The van der Waals surface area contributed by atoms with Gasteiger partial charge in [0.25, 0.3) is 0 Å². The normalized spacial score (nSPS) is 54.9. The van der Waals surface area contributed by atoms with Crippen molar-refractivity contribution < 1.29 is 14.3 Å². The summed E-state index contributed by atoms with van der Waals surface area (Å²) in [5.41, 5.74) is -0.120. The summed E-state index contributed by atoms with van der Waals surface area (Å²) in [5.74, 6) is 2.70. The molecule has 2 aliphatic heterocycles. The quantitative estimate of drug-likeness (QED) is 0.719. The van der Waals surface area contributed by atoms with E-state index in [2.05, 4.69) is 13.8 Å². The van der Waals surface area contributed by atoms with E-state index in [9.17, 15) is 4.79 Å². The summed E-state index contributed by atoms with van der Waals surface area (Å²) in [4.78, 5) is 12.3. The number of carbonyl (C=O) groups excluding carboxylic acids is 1. The summed E-state index contributed by atoms with van der Waals surface area (Å²) in [6.45, 7) is 5.12. The Labute approximate surface area is 115 Å². The highest BCUT2D eigenvalue weighted by Crippen LogP contribution is 2.68. The lowest BCUT2D eigenvalue weighted by atomic mass is 9.62. The van der Waals surface area contributed by atoms with Gasteiger partial charge in [-0.25, -0.2) is 0 Å². The lowest BCUT2D eigenvalue weighted by Gasteiger charge is -2.38. The lowest BCUT2D eigenvalue weighted by Crippen LogP contribution is -2.42. The van der Waals surface area contributed by atoms with Crippen molar-refractivity contribution in [1.82, 2.24) is 0 Å². The monoisotopic (exact) mass is 264 g/mol. The average molecular weight is 264 g/mol. The average Bonchev–Trinajstić information content (AvgIpc) is 3.12. The lowest BCUT2D eigenvalue weighted by molar-refractivity contribution is -0.150. The van der Waals surface area contributed by atoms with E-state index in [1.807, 2.05) is 0 Å². The molecule has 3 heteroatoms. The van der Waals surface area contributed by atoms with Crippen LogP contribution in [0.25, 0.3) is 0 Å². The fourth-order valence-corrected chi connectivity index (χ4v) is 5.95. The van der Waals surface area contributed by atoms with Gasteiger partial charge in [-0.2, -0.15) is 0 Å². The van der Waals surface area contributed by atoms with Crippen LogP contribution >= 0.6 is 0 Å². The van der Waals surface area contributed by atoms with Crippen LogP contribution in [0.3, 0.4) is 0 Å². The molecule has 2 saturated heterocycles. The molecule has 0 amide bonds. The van der Waals surface area contributed by atoms with Crippen LogP contribution in [0.1, 0.15) is 46.0 Å². The van der Waals surface area contributed by atoms with Crippen molar-refractivity contribution in [3.63, 3.8) is 0 Å². The van der Waals surface area contributed by atoms with Crippen LogP contribution in [0.5, 0.6) is 0 Å². The fraction of sp³-hybridized carbons (Fsp3) is 0.938. The minimum absolute atomic E-state index is 0.105. The van der Waals surface area contributed by atoms with Crippen LogP contribution in [0.15, 0.2) is 0 Å². The topological polar surface area (TPSA) is 35.5 Å². The molecular formula is C16H24O3. The number of cyclic esters (lactones) is 1. The van der Waals surface area contributed by atoms with Crippen LogP contribution < -0.4 is 0 Å². The number of carbonyl (C=O) groups is 1. The molecule has 0 radical (unpaired) electrons. The molecule has 3 nitrogen and oxygen atoms in total. The second kappa shape index (κ2) is 3.97. The predicted octanol–water partition coefficient (Wildman–Crippen LogP) is 2.78. The smallest absolute Gasteiger partial charge is 0.312 e. The third-order valence-electron chi connectivity index (χ3n) is 6.55. The van der Waals surface area contributed by atoms with Gasteiger partial charge in [0.15, 0.2) is 0 Å². The van der Waals surface area contributed by atoms with Crippen molar-refractivity contribution in [3.8, 4) is 0 Å². The minimum Gasteiger partial charge on any atom is -0.465 e. The molecule has 0 aromatic rings. The third kappa shape index (κ3) is 1.35. The molecule has 7 atom stereocenters. The largest absolute Gasteiger partial charge is 0.465 e. The van der Waals surface area contributed by atoms with Crippen molar-refractivity contribution in [2.24, 2.45) is 29.1 Å². The zero-order valence-corrected chi connectivity index (χ0v) is 11.9. The maximum atomic E-state index is 12.3. The number of hydrogen-bond acceptors (Lipinski definition) is 3. The molecule has 2 aliphatic carbocycles. The van der Waals surface area contributed by atoms with E-state index < -0.39 is 0 Å². The molecular weight excluding hydrogens is 240 g/mol. The molecule has 2 saturated carbocycles. The summed E-state index contributed by atoms with van der Waals surface area (Å²) in [5, 5.41) is 0. The first-order valence-corrected chi connectivity index (χ1v) is 8.04. The van der Waals surface area contributed by atoms with Crippen LogP contribution in [0, 0.1) is 29.1 Å². The van der Waals surface area contributed by atoms with Crippen molar-refractivity contribution in [1.29, 1.82) is 0 Å². The number of esters is 1. The van der Waals surface area contributed by atoms with Crippen LogP contribution in [0.2, 0.25) is 0 Å². The van der Waals surface area contributed by atoms with Crippen molar-refractivity contribution >= 4 is 5.97 Å². The summed E-state index contributed by atoms with van der Waals surface area (Å²) in [6.07, 6.45) is 6.33. The Morgan fingerprint density at radius 1 is 1.21 bits per heavy atom. The molecule has 4 rings (SSSR count). The highest BCUT2D eigenvalue weighted by molar-refractivity contribution is 5.80. The van der Waals surface area contributed by atoms with E-state index in [0.29, 0.717) is 36.6 Å². The molecule has 4 fully saturated rings. The van der Waals surface area contributed by atoms with Crippen LogP contribution in [0.4, 0.5) is 0 Å². The van der Waals surface area contributed by atoms with Gasteiger partial charge in [0.1, 0.15) is 0 Å². The van der Waals surface area contributed by atoms with Crippen molar-refractivity contribution in [2.45, 2.75) is 58.2 Å². The second-order valence-electron chi connectivity index (χ2n) is 7.03. The van der Waals surface area contributed by atoms with Crippen molar-refractivity contribution in [2.75, 3.05) is 6.61 Å². The second-order valence-corrected chi connectivity index (χ2v) is 7.03. The van der Waals surface area contributed by atoms with Gasteiger partial charge in [-0.3, -0.25) is 4.79 Å². The van der Waals surface area contributed by atoms with Gasteiger partial charge in [-0.15, -0.1) is 0 Å². The van der Waals surface area contributed by atoms with Gasteiger partial charge < -0.3 is 9.47 Å². The Hall–Kier alpha value is -0.570. The van der Waals surface area contributed by atoms with Crippen LogP contribution in [-0.4, -0.2) is 24.8 Å². The zero-order chi connectivity index (χ0) is 13.2. The third-order valence-corrected chi connectivity index (χ3v) is 6.55. The van der Waals surface area contributed by atoms with Gasteiger partial charge >= 0.3 is 5.97 Å². The molecule has 2 heterocycles. The Kier molecular flexibility index (Phi) is 2.55. The highest BCUT2D eigenvalue weighted by atomic mass is 16.5. The number of rotatable bonds is 2.